The number of benzene rings is 4. The second-order valence-electron chi connectivity index (χ2n) is 6.62. The molecule has 0 amide bonds. The van der Waals surface area contributed by atoms with E-state index < -0.39 is 0 Å². The van der Waals surface area contributed by atoms with Gasteiger partial charge in [0.15, 0.2) is 0 Å². The van der Waals surface area contributed by atoms with Crippen LogP contribution in [0.4, 0.5) is 0 Å². The third-order valence-corrected chi connectivity index (χ3v) is 4.73. The van der Waals surface area contributed by atoms with Gasteiger partial charge in [0.1, 0.15) is 24.0 Å². The lowest BCUT2D eigenvalue weighted by molar-refractivity contribution is -0.0979. The van der Waals surface area contributed by atoms with Crippen LogP contribution in [-0.2, 0) is 4.79 Å². The summed E-state index contributed by atoms with van der Waals surface area (Å²) in [7, 11) is 1.71. The maximum absolute atomic E-state index is 9.67. The van der Waals surface area contributed by atoms with Crippen molar-refractivity contribution in [3.05, 3.63) is 90.0 Å². The SMILES string of the molecule is C=O.COc1ccccc1-c1ccccc1C.Cc1cc(O)c2ccccc2c1O. The average Bonchev–Trinajstić information content (AvgIpc) is 2.80. The largest absolute Gasteiger partial charge is 0.507 e. The smallest absolute Gasteiger partial charge is 0.126 e. The van der Waals surface area contributed by atoms with E-state index in [9.17, 15) is 10.2 Å². The van der Waals surface area contributed by atoms with Gasteiger partial charge in [0, 0.05) is 16.3 Å². The van der Waals surface area contributed by atoms with Crippen LogP contribution >= 0.6 is 0 Å². The quantitative estimate of drug-likeness (QED) is 0.401. The number of phenols is 2. The lowest BCUT2D eigenvalue weighted by Crippen LogP contribution is -1.88. The van der Waals surface area contributed by atoms with Crippen LogP contribution in [0, 0.1) is 13.8 Å². The molecule has 0 heterocycles. The number of carbonyl (C=O) groups excluding carboxylic acids is 1. The fourth-order valence-corrected chi connectivity index (χ4v) is 3.22. The van der Waals surface area contributed by atoms with Crippen molar-refractivity contribution in [1.29, 1.82) is 0 Å². The van der Waals surface area contributed by atoms with E-state index in [4.69, 9.17) is 9.53 Å². The van der Waals surface area contributed by atoms with Crippen LogP contribution in [-0.4, -0.2) is 24.1 Å². The molecule has 0 aliphatic rings. The standard InChI is InChI=1S/C14H14O.C11H10O2.CH2O/c1-11-7-3-4-8-12(11)13-9-5-6-10-14(13)15-2;1-7-6-10(12)8-4-2-3-5-9(8)11(7)13;1-2/h3-10H,1-2H3;2-6,12-13H,1H3;1H2. The number of rotatable bonds is 2. The van der Waals surface area contributed by atoms with Gasteiger partial charge >= 0.3 is 0 Å². The Balaban J connectivity index is 0.000000199. The lowest BCUT2D eigenvalue weighted by atomic mass is 10.00. The summed E-state index contributed by atoms with van der Waals surface area (Å²) >= 11 is 0. The van der Waals surface area contributed by atoms with E-state index >= 15 is 0 Å². The molecule has 0 atom stereocenters. The molecule has 0 spiro atoms. The summed E-state index contributed by atoms with van der Waals surface area (Å²) in [5, 5.41) is 20.6. The molecule has 4 rings (SSSR count). The number of aryl methyl sites for hydroxylation is 2. The molecule has 0 saturated carbocycles. The highest BCUT2D eigenvalue weighted by Gasteiger charge is 2.07. The average molecular weight is 402 g/mol. The summed E-state index contributed by atoms with van der Waals surface area (Å²) in [5.41, 5.74) is 4.34. The number of carbonyl (C=O) groups is 1. The maximum atomic E-state index is 9.67. The Bertz CT molecular complexity index is 1120. The summed E-state index contributed by atoms with van der Waals surface area (Å²) in [4.78, 5) is 8.00. The first kappa shape index (κ1) is 22.5. The number of hydrogen-bond acceptors (Lipinski definition) is 4. The Kier molecular flexibility index (Phi) is 8.00. The molecule has 4 aromatic carbocycles. The molecule has 0 saturated heterocycles. The van der Waals surface area contributed by atoms with Gasteiger partial charge in [-0.15, -0.1) is 0 Å². The molecular weight excluding hydrogens is 376 g/mol. The third kappa shape index (κ3) is 4.97. The zero-order valence-electron chi connectivity index (χ0n) is 17.4. The van der Waals surface area contributed by atoms with E-state index in [-0.39, 0.29) is 11.5 Å². The van der Waals surface area contributed by atoms with Crippen LogP contribution in [0.2, 0.25) is 0 Å². The monoisotopic (exact) mass is 402 g/mol. The number of hydrogen-bond donors (Lipinski definition) is 2. The summed E-state index contributed by atoms with van der Waals surface area (Å²) < 4.78 is 5.35. The highest BCUT2D eigenvalue weighted by atomic mass is 16.5. The first-order valence-electron chi connectivity index (χ1n) is 9.41. The van der Waals surface area contributed by atoms with Gasteiger partial charge in [0.25, 0.3) is 0 Å². The van der Waals surface area contributed by atoms with Crippen molar-refractivity contribution in [3.63, 3.8) is 0 Å². The van der Waals surface area contributed by atoms with E-state index in [0.717, 1.165) is 11.3 Å². The van der Waals surface area contributed by atoms with Gasteiger partial charge < -0.3 is 19.7 Å². The number of ether oxygens (including phenoxy) is 1. The van der Waals surface area contributed by atoms with Crippen molar-refractivity contribution in [2.45, 2.75) is 13.8 Å². The Labute approximate surface area is 177 Å². The van der Waals surface area contributed by atoms with Gasteiger partial charge in [-0.25, -0.2) is 0 Å². The summed E-state index contributed by atoms with van der Waals surface area (Å²) in [6.07, 6.45) is 0. The number of phenolic OH excluding ortho intramolecular Hbond substituents is 2. The van der Waals surface area contributed by atoms with Crippen molar-refractivity contribution in [2.75, 3.05) is 7.11 Å². The van der Waals surface area contributed by atoms with Gasteiger partial charge in [-0.3, -0.25) is 0 Å². The van der Waals surface area contributed by atoms with Crippen LogP contribution in [0.15, 0.2) is 78.9 Å². The number of aromatic hydroxyl groups is 2. The highest BCUT2D eigenvalue weighted by Crippen LogP contribution is 2.34. The second-order valence-corrected chi connectivity index (χ2v) is 6.62. The molecule has 0 unspecified atom stereocenters. The molecule has 0 aliphatic carbocycles. The molecule has 154 valence electrons. The van der Waals surface area contributed by atoms with Crippen LogP contribution in [0.5, 0.6) is 17.2 Å². The van der Waals surface area contributed by atoms with Gasteiger partial charge in [-0.1, -0.05) is 66.7 Å². The molecule has 4 heteroatoms. The first-order valence-corrected chi connectivity index (χ1v) is 9.41. The van der Waals surface area contributed by atoms with Gasteiger partial charge in [0.05, 0.1) is 7.11 Å². The van der Waals surface area contributed by atoms with Crippen molar-refractivity contribution in [2.24, 2.45) is 0 Å². The molecule has 30 heavy (non-hydrogen) atoms. The van der Waals surface area contributed by atoms with Gasteiger partial charge in [-0.05, 0) is 42.7 Å². The Morgan fingerprint density at radius 3 is 1.87 bits per heavy atom. The minimum Gasteiger partial charge on any atom is -0.507 e. The molecule has 2 N–H and O–H groups in total. The van der Waals surface area contributed by atoms with Crippen LogP contribution in [0.1, 0.15) is 11.1 Å². The fraction of sp³-hybridized carbons (Fsp3) is 0.115. The number of para-hydroxylation sites is 1. The second kappa shape index (κ2) is 10.7. The molecule has 0 aliphatic heterocycles. The number of methoxy groups -OCH3 is 1. The van der Waals surface area contributed by atoms with E-state index in [0.29, 0.717) is 16.3 Å². The Hall–Kier alpha value is -3.79. The molecule has 0 aromatic heterocycles. The molecule has 0 fully saturated rings. The zero-order valence-corrected chi connectivity index (χ0v) is 17.4. The maximum Gasteiger partial charge on any atom is 0.126 e. The van der Waals surface area contributed by atoms with Crippen LogP contribution < -0.4 is 4.74 Å². The summed E-state index contributed by atoms with van der Waals surface area (Å²) in [6.45, 7) is 5.88. The first-order chi connectivity index (χ1) is 14.5. The minimum atomic E-state index is 0.214. The molecule has 0 radical (unpaired) electrons. The summed E-state index contributed by atoms with van der Waals surface area (Å²) in [5.74, 6) is 1.38. The van der Waals surface area contributed by atoms with Gasteiger partial charge in [0.2, 0.25) is 0 Å². The van der Waals surface area contributed by atoms with Crippen molar-refractivity contribution < 1.29 is 19.7 Å². The Morgan fingerprint density at radius 2 is 1.23 bits per heavy atom. The number of fused-ring (bicyclic) bond motifs is 1. The minimum absolute atomic E-state index is 0.214. The molecule has 4 nitrogen and oxygen atoms in total. The normalized spacial score (nSPS) is 9.70. The van der Waals surface area contributed by atoms with Crippen molar-refractivity contribution >= 4 is 17.6 Å². The highest BCUT2D eigenvalue weighted by molar-refractivity contribution is 5.93. The summed E-state index contributed by atoms with van der Waals surface area (Å²) in [6, 6.07) is 25.2. The van der Waals surface area contributed by atoms with Crippen LogP contribution in [0.25, 0.3) is 21.9 Å². The molecular formula is C26H26O4. The van der Waals surface area contributed by atoms with Crippen LogP contribution in [0.3, 0.4) is 0 Å². The van der Waals surface area contributed by atoms with E-state index in [1.807, 2.05) is 43.2 Å². The topological polar surface area (TPSA) is 66.8 Å². The fourth-order valence-electron chi connectivity index (χ4n) is 3.22. The van der Waals surface area contributed by atoms with E-state index in [1.165, 1.54) is 11.1 Å². The van der Waals surface area contributed by atoms with Crippen molar-refractivity contribution in [1.82, 2.24) is 0 Å². The Morgan fingerprint density at radius 1 is 0.700 bits per heavy atom. The molecule has 0 bridgehead atoms. The molecule has 4 aromatic rings. The van der Waals surface area contributed by atoms with E-state index in [1.54, 1.807) is 32.2 Å². The third-order valence-electron chi connectivity index (χ3n) is 4.73. The lowest BCUT2D eigenvalue weighted by Gasteiger charge is -2.10. The van der Waals surface area contributed by atoms with Crippen molar-refractivity contribution in [3.8, 4) is 28.4 Å². The van der Waals surface area contributed by atoms with E-state index in [2.05, 4.69) is 31.2 Å². The predicted molar refractivity (Wildman–Crippen MR) is 122 cm³/mol. The predicted octanol–water partition coefficient (Wildman–Crippen LogP) is 6.05. The zero-order chi connectivity index (χ0) is 22.1. The van der Waals surface area contributed by atoms with Gasteiger partial charge in [-0.2, -0.15) is 0 Å².